The molecule has 1 fully saturated rings. The normalized spacial score (nSPS) is 16.0. The molecule has 2 aliphatic rings. The van der Waals surface area contributed by atoms with Crippen LogP contribution in [-0.4, -0.2) is 77.2 Å². The SMILES string of the molecule is O=C1CN(C(=O)N2CCOCC2)Cc2[nH]c(-c3ccncc3OCC(F)(F)F)c(Cc3ccccc3)c21. The zero-order valence-corrected chi connectivity index (χ0v) is 19.9. The highest BCUT2D eigenvalue weighted by atomic mass is 19.4. The lowest BCUT2D eigenvalue weighted by Crippen LogP contribution is -2.50. The summed E-state index contributed by atoms with van der Waals surface area (Å²) in [7, 11) is 0. The van der Waals surface area contributed by atoms with Crippen LogP contribution in [0.1, 0.15) is 27.2 Å². The molecule has 2 amide bonds. The molecule has 0 spiro atoms. The van der Waals surface area contributed by atoms with Crippen molar-refractivity contribution >= 4 is 11.8 Å². The number of fused-ring (bicyclic) bond motifs is 1. The number of urea groups is 1. The quantitative estimate of drug-likeness (QED) is 0.555. The van der Waals surface area contributed by atoms with Crippen molar-refractivity contribution in [3.05, 3.63) is 71.2 Å². The second-order valence-electron chi connectivity index (χ2n) is 8.93. The molecule has 0 saturated carbocycles. The van der Waals surface area contributed by atoms with Gasteiger partial charge in [0.1, 0.15) is 5.75 Å². The number of rotatable bonds is 5. The number of morpholine rings is 1. The number of hydrogen-bond acceptors (Lipinski definition) is 5. The monoisotopic (exact) mass is 514 g/mol. The standard InChI is InChI=1S/C26H25F3N4O4/c27-26(28,29)16-37-22-13-30-7-6-18(22)24-19(12-17-4-2-1-3-5-17)23-20(31-24)14-33(15-21(23)34)25(35)32-8-10-36-11-9-32/h1-7,13,31H,8-12,14-16H2. The van der Waals surface area contributed by atoms with Gasteiger partial charge in [-0.05, 0) is 17.2 Å². The van der Waals surface area contributed by atoms with Crippen molar-refractivity contribution < 1.29 is 32.2 Å². The largest absolute Gasteiger partial charge is 0.482 e. The number of carbonyl (C=O) groups is 2. The fourth-order valence-corrected chi connectivity index (χ4v) is 4.71. The number of pyridine rings is 1. The van der Waals surface area contributed by atoms with Crippen molar-refractivity contribution in [3.63, 3.8) is 0 Å². The van der Waals surface area contributed by atoms with Crippen molar-refractivity contribution in [3.8, 4) is 17.0 Å². The minimum atomic E-state index is -4.52. The molecule has 0 atom stereocenters. The molecule has 5 rings (SSSR count). The molecule has 0 aliphatic carbocycles. The molecule has 2 aromatic heterocycles. The molecule has 194 valence electrons. The summed E-state index contributed by atoms with van der Waals surface area (Å²) in [6.07, 6.45) is -1.47. The van der Waals surface area contributed by atoms with Crippen LogP contribution in [0, 0.1) is 0 Å². The van der Waals surface area contributed by atoms with Gasteiger partial charge in [0.2, 0.25) is 0 Å². The number of nitrogens with zero attached hydrogens (tertiary/aromatic N) is 3. The number of benzene rings is 1. The van der Waals surface area contributed by atoms with E-state index in [2.05, 4.69) is 9.97 Å². The molecule has 8 nitrogen and oxygen atoms in total. The van der Waals surface area contributed by atoms with Crippen LogP contribution < -0.4 is 4.74 Å². The summed E-state index contributed by atoms with van der Waals surface area (Å²) in [5.41, 5.74) is 3.41. The molecular weight excluding hydrogens is 489 g/mol. The summed E-state index contributed by atoms with van der Waals surface area (Å²) in [5.74, 6) is -0.287. The number of alkyl halides is 3. The third-order valence-electron chi connectivity index (χ3n) is 6.36. The van der Waals surface area contributed by atoms with Crippen molar-refractivity contribution in [2.45, 2.75) is 19.1 Å². The Morgan fingerprint density at radius 1 is 1.08 bits per heavy atom. The van der Waals surface area contributed by atoms with Crippen LogP contribution >= 0.6 is 0 Å². The van der Waals surface area contributed by atoms with Crippen molar-refractivity contribution in [2.24, 2.45) is 0 Å². The number of carbonyl (C=O) groups excluding carboxylic acids is 2. The van der Waals surface area contributed by atoms with Crippen LogP contribution in [0.25, 0.3) is 11.3 Å². The van der Waals surface area contributed by atoms with E-state index in [1.165, 1.54) is 17.3 Å². The molecule has 1 N–H and O–H groups in total. The van der Waals surface area contributed by atoms with Gasteiger partial charge in [0.05, 0.1) is 38.2 Å². The summed E-state index contributed by atoms with van der Waals surface area (Å²) >= 11 is 0. The van der Waals surface area contributed by atoms with E-state index in [1.54, 1.807) is 11.0 Å². The minimum Gasteiger partial charge on any atom is -0.482 e. The molecule has 11 heteroatoms. The average Bonchev–Trinajstić information content (AvgIpc) is 3.26. The first-order valence-electron chi connectivity index (χ1n) is 11.9. The molecular formula is C26H25F3N4O4. The maximum absolute atomic E-state index is 13.4. The zero-order chi connectivity index (χ0) is 26.0. The molecule has 1 aromatic carbocycles. The van der Waals surface area contributed by atoms with E-state index in [-0.39, 0.29) is 30.7 Å². The zero-order valence-electron chi connectivity index (χ0n) is 19.9. The summed E-state index contributed by atoms with van der Waals surface area (Å²) in [6.45, 7) is 0.385. The first-order valence-corrected chi connectivity index (χ1v) is 11.9. The first kappa shape index (κ1) is 24.8. The average molecular weight is 515 g/mol. The Hall–Kier alpha value is -3.86. The molecule has 3 aromatic rings. The Kier molecular flexibility index (Phi) is 6.88. The topological polar surface area (TPSA) is 87.8 Å². The Bertz CT molecular complexity index is 1290. The summed E-state index contributed by atoms with van der Waals surface area (Å²) in [5, 5.41) is 0. The van der Waals surface area contributed by atoms with Crippen LogP contribution in [0.15, 0.2) is 48.8 Å². The number of aromatic amines is 1. The lowest BCUT2D eigenvalue weighted by molar-refractivity contribution is -0.153. The van der Waals surface area contributed by atoms with E-state index in [0.717, 1.165) is 5.56 Å². The Labute approximate surface area is 211 Å². The Morgan fingerprint density at radius 2 is 1.84 bits per heavy atom. The van der Waals surface area contributed by atoms with Crippen molar-refractivity contribution in [2.75, 3.05) is 39.5 Å². The third kappa shape index (κ3) is 5.46. The highest BCUT2D eigenvalue weighted by molar-refractivity contribution is 6.04. The second-order valence-corrected chi connectivity index (χ2v) is 8.93. The summed E-state index contributed by atoms with van der Waals surface area (Å²) in [4.78, 5) is 36.8. The minimum absolute atomic E-state index is 0.0542. The van der Waals surface area contributed by atoms with Gasteiger partial charge < -0.3 is 24.3 Å². The van der Waals surface area contributed by atoms with E-state index in [1.807, 2.05) is 30.3 Å². The Balaban J connectivity index is 1.54. The van der Waals surface area contributed by atoms with E-state index in [4.69, 9.17) is 9.47 Å². The molecule has 2 aliphatic heterocycles. The Morgan fingerprint density at radius 3 is 2.57 bits per heavy atom. The predicted molar refractivity (Wildman–Crippen MR) is 127 cm³/mol. The number of Topliss-reactive ketones (excluding diaryl/α,β-unsaturated/α-hetero) is 1. The van der Waals surface area contributed by atoms with Crippen LogP contribution in [0.3, 0.4) is 0 Å². The van der Waals surface area contributed by atoms with E-state index < -0.39 is 12.8 Å². The van der Waals surface area contributed by atoms with E-state index >= 15 is 0 Å². The molecule has 37 heavy (non-hydrogen) atoms. The van der Waals surface area contributed by atoms with Crippen molar-refractivity contribution in [1.29, 1.82) is 0 Å². The number of nitrogens with one attached hydrogen (secondary N) is 1. The first-order chi connectivity index (χ1) is 17.8. The molecule has 0 unspecified atom stereocenters. The number of H-pyrrole nitrogens is 1. The molecule has 4 heterocycles. The van der Waals surface area contributed by atoms with Gasteiger partial charge in [-0.15, -0.1) is 0 Å². The van der Waals surface area contributed by atoms with Crippen molar-refractivity contribution in [1.82, 2.24) is 19.8 Å². The van der Waals surface area contributed by atoms with Gasteiger partial charge in [0.25, 0.3) is 0 Å². The number of hydrogen-bond donors (Lipinski definition) is 1. The molecule has 0 bridgehead atoms. The maximum Gasteiger partial charge on any atom is 0.422 e. The van der Waals surface area contributed by atoms with Crippen LogP contribution in [0.4, 0.5) is 18.0 Å². The number of ether oxygens (including phenoxy) is 2. The third-order valence-corrected chi connectivity index (χ3v) is 6.36. The van der Waals surface area contributed by atoms with Gasteiger partial charge in [-0.25, -0.2) is 4.79 Å². The molecule has 1 saturated heterocycles. The number of aromatic nitrogens is 2. The maximum atomic E-state index is 13.4. The van der Waals surface area contributed by atoms with Gasteiger partial charge in [0, 0.05) is 42.5 Å². The van der Waals surface area contributed by atoms with Gasteiger partial charge in [-0.2, -0.15) is 13.2 Å². The fourth-order valence-electron chi connectivity index (χ4n) is 4.71. The number of ketones is 1. The van der Waals surface area contributed by atoms with Gasteiger partial charge in [0.15, 0.2) is 12.4 Å². The van der Waals surface area contributed by atoms with Crippen LogP contribution in [0.5, 0.6) is 5.75 Å². The molecule has 0 radical (unpaired) electrons. The smallest absolute Gasteiger partial charge is 0.422 e. The highest BCUT2D eigenvalue weighted by Crippen LogP contribution is 2.38. The number of amides is 2. The lowest BCUT2D eigenvalue weighted by atomic mass is 9.93. The highest BCUT2D eigenvalue weighted by Gasteiger charge is 2.35. The second kappa shape index (κ2) is 10.3. The van der Waals surface area contributed by atoms with E-state index in [9.17, 15) is 22.8 Å². The van der Waals surface area contributed by atoms with Gasteiger partial charge in [-0.3, -0.25) is 9.78 Å². The van der Waals surface area contributed by atoms with Gasteiger partial charge >= 0.3 is 12.2 Å². The van der Waals surface area contributed by atoms with E-state index in [0.29, 0.717) is 60.8 Å². The summed E-state index contributed by atoms with van der Waals surface area (Å²) in [6, 6.07) is 10.8. The van der Waals surface area contributed by atoms with Gasteiger partial charge in [-0.1, -0.05) is 30.3 Å². The summed E-state index contributed by atoms with van der Waals surface area (Å²) < 4.78 is 49.1. The van der Waals surface area contributed by atoms with Crippen LogP contribution in [-0.2, 0) is 17.7 Å². The van der Waals surface area contributed by atoms with Crippen LogP contribution in [0.2, 0.25) is 0 Å². The predicted octanol–water partition coefficient (Wildman–Crippen LogP) is 4.06. The number of halogens is 3. The lowest BCUT2D eigenvalue weighted by Gasteiger charge is -2.34. The fraction of sp³-hybridized carbons (Fsp3) is 0.346.